The number of fused-ring (bicyclic) bond motifs is 1. The third kappa shape index (κ3) is 4.60. The maximum Gasteiger partial charge on any atom is 0.325 e. The summed E-state index contributed by atoms with van der Waals surface area (Å²) in [7, 11) is 0. The molecular formula is C18H24N2O4S. The molecule has 25 heavy (non-hydrogen) atoms. The monoisotopic (exact) mass is 364 g/mol. The van der Waals surface area contributed by atoms with Crippen LogP contribution in [0, 0.1) is 5.92 Å². The van der Waals surface area contributed by atoms with Gasteiger partial charge in [-0.05, 0) is 43.0 Å². The van der Waals surface area contributed by atoms with E-state index in [0.717, 1.165) is 19.4 Å². The summed E-state index contributed by atoms with van der Waals surface area (Å²) in [6.45, 7) is 0.291. The van der Waals surface area contributed by atoms with E-state index in [4.69, 9.17) is 4.74 Å². The van der Waals surface area contributed by atoms with Crippen molar-refractivity contribution in [2.75, 3.05) is 19.7 Å². The van der Waals surface area contributed by atoms with Gasteiger partial charge in [-0.15, -0.1) is 11.3 Å². The third-order valence-corrected chi connectivity index (χ3v) is 5.93. The highest BCUT2D eigenvalue weighted by molar-refractivity contribution is 7.12. The van der Waals surface area contributed by atoms with Gasteiger partial charge in [0.1, 0.15) is 6.54 Å². The number of rotatable bonds is 5. The molecule has 1 saturated heterocycles. The van der Waals surface area contributed by atoms with Gasteiger partial charge < -0.3 is 15.0 Å². The van der Waals surface area contributed by atoms with Gasteiger partial charge in [0, 0.05) is 12.6 Å². The second kappa shape index (κ2) is 8.47. The molecule has 2 heterocycles. The van der Waals surface area contributed by atoms with Crippen LogP contribution in [0.5, 0.6) is 0 Å². The zero-order chi connectivity index (χ0) is 17.6. The second-order valence-electron chi connectivity index (χ2n) is 6.66. The molecule has 136 valence electrons. The molecule has 7 heteroatoms. The van der Waals surface area contributed by atoms with Crippen molar-refractivity contribution in [1.29, 1.82) is 0 Å². The van der Waals surface area contributed by atoms with E-state index in [-0.39, 0.29) is 25.0 Å². The maximum absolute atomic E-state index is 12.4. The Hall–Kier alpha value is -1.89. The quantitative estimate of drug-likeness (QED) is 0.813. The average molecular weight is 364 g/mol. The molecule has 6 nitrogen and oxygen atoms in total. The number of likely N-dealkylation sites (tertiary alicyclic amines) is 1. The van der Waals surface area contributed by atoms with Crippen molar-refractivity contribution < 1.29 is 19.1 Å². The Labute approximate surface area is 151 Å². The lowest BCUT2D eigenvalue weighted by Gasteiger charge is -2.44. The average Bonchev–Trinajstić information content (AvgIpc) is 3.18. The summed E-state index contributed by atoms with van der Waals surface area (Å²) >= 11 is 1.31. The number of piperidine rings is 1. The lowest BCUT2D eigenvalue weighted by molar-refractivity contribution is -0.154. The number of ether oxygens (including phenoxy) is 1. The molecule has 0 radical (unpaired) electrons. The number of nitrogens with one attached hydrogen (secondary N) is 1. The summed E-state index contributed by atoms with van der Waals surface area (Å²) in [5, 5.41) is 4.30. The molecule has 0 aromatic carbocycles. The first-order valence-electron chi connectivity index (χ1n) is 8.92. The van der Waals surface area contributed by atoms with Gasteiger partial charge in [-0.3, -0.25) is 14.4 Å². The number of hydrogen-bond acceptors (Lipinski definition) is 5. The highest BCUT2D eigenvalue weighted by atomic mass is 32.1. The van der Waals surface area contributed by atoms with Crippen molar-refractivity contribution in [1.82, 2.24) is 10.2 Å². The predicted octanol–water partition coefficient (Wildman–Crippen LogP) is 2.20. The van der Waals surface area contributed by atoms with E-state index in [2.05, 4.69) is 5.32 Å². The van der Waals surface area contributed by atoms with Crippen LogP contribution in [0.15, 0.2) is 17.5 Å². The van der Waals surface area contributed by atoms with Crippen LogP contribution >= 0.6 is 11.3 Å². The van der Waals surface area contributed by atoms with Gasteiger partial charge in [0.2, 0.25) is 0 Å². The van der Waals surface area contributed by atoms with Gasteiger partial charge in [0.05, 0.1) is 4.88 Å². The number of thiophene rings is 1. The Bertz CT molecular complexity index is 615. The molecule has 0 bridgehead atoms. The number of carbonyl (C=O) groups is 3. The summed E-state index contributed by atoms with van der Waals surface area (Å²) < 4.78 is 5.06. The lowest BCUT2D eigenvalue weighted by atomic mass is 9.78. The van der Waals surface area contributed by atoms with E-state index in [0.29, 0.717) is 16.8 Å². The highest BCUT2D eigenvalue weighted by Crippen LogP contribution is 2.35. The van der Waals surface area contributed by atoms with Gasteiger partial charge in [0.25, 0.3) is 11.8 Å². The highest BCUT2D eigenvalue weighted by Gasteiger charge is 2.35. The number of carbonyl (C=O) groups excluding carboxylic acids is 3. The van der Waals surface area contributed by atoms with Crippen LogP contribution in [0.2, 0.25) is 0 Å². The molecule has 1 aromatic rings. The molecule has 1 aliphatic heterocycles. The predicted molar refractivity (Wildman–Crippen MR) is 94.3 cm³/mol. The van der Waals surface area contributed by atoms with Crippen LogP contribution in [0.25, 0.3) is 0 Å². The van der Waals surface area contributed by atoms with Gasteiger partial charge >= 0.3 is 5.97 Å². The molecule has 0 spiro atoms. The molecule has 2 aliphatic rings. The summed E-state index contributed by atoms with van der Waals surface area (Å²) in [5.74, 6) is -0.406. The van der Waals surface area contributed by atoms with Crippen LogP contribution in [-0.2, 0) is 14.3 Å². The molecule has 0 unspecified atom stereocenters. The first kappa shape index (κ1) is 17.9. The van der Waals surface area contributed by atoms with Crippen molar-refractivity contribution in [2.24, 2.45) is 5.92 Å². The van der Waals surface area contributed by atoms with Gasteiger partial charge in [0.15, 0.2) is 6.61 Å². The molecule has 1 N–H and O–H groups in total. The molecule has 2 fully saturated rings. The minimum atomic E-state index is -0.588. The van der Waals surface area contributed by atoms with Crippen LogP contribution in [0.4, 0.5) is 0 Å². The number of hydrogen-bond donors (Lipinski definition) is 1. The maximum atomic E-state index is 12.4. The third-order valence-electron chi connectivity index (χ3n) is 5.06. The van der Waals surface area contributed by atoms with Crippen molar-refractivity contribution >= 4 is 29.1 Å². The Morgan fingerprint density at radius 3 is 2.80 bits per heavy atom. The zero-order valence-corrected chi connectivity index (χ0v) is 15.1. The van der Waals surface area contributed by atoms with E-state index < -0.39 is 5.97 Å². The van der Waals surface area contributed by atoms with E-state index in [1.165, 1.54) is 37.0 Å². The van der Waals surface area contributed by atoms with Gasteiger partial charge in [-0.25, -0.2) is 0 Å². The van der Waals surface area contributed by atoms with E-state index in [1.807, 2.05) is 4.90 Å². The van der Waals surface area contributed by atoms with Crippen LogP contribution in [0.3, 0.4) is 0 Å². The fourth-order valence-electron chi connectivity index (χ4n) is 3.86. The SMILES string of the molecule is O=C(CNC(=O)c1cccs1)OCC(=O)N1CCC[C@H]2CCCC[C@@H]21. The summed E-state index contributed by atoms with van der Waals surface area (Å²) in [6, 6.07) is 3.77. The molecule has 2 amide bonds. The molecule has 1 saturated carbocycles. The van der Waals surface area contributed by atoms with Crippen molar-refractivity contribution in [3.05, 3.63) is 22.4 Å². The fourth-order valence-corrected chi connectivity index (χ4v) is 4.50. The molecule has 2 atom stereocenters. The van der Waals surface area contributed by atoms with Crippen molar-refractivity contribution in [3.63, 3.8) is 0 Å². The Morgan fingerprint density at radius 1 is 1.20 bits per heavy atom. The Balaban J connectivity index is 1.42. The molecule has 1 aromatic heterocycles. The summed E-state index contributed by atoms with van der Waals surface area (Å²) in [4.78, 5) is 38.4. The van der Waals surface area contributed by atoms with E-state index in [1.54, 1.807) is 17.5 Å². The normalized spacial score (nSPS) is 22.8. The topological polar surface area (TPSA) is 75.7 Å². The number of nitrogens with zero attached hydrogens (tertiary/aromatic N) is 1. The van der Waals surface area contributed by atoms with Crippen LogP contribution in [-0.4, -0.2) is 48.4 Å². The van der Waals surface area contributed by atoms with Crippen LogP contribution < -0.4 is 5.32 Å². The Kier molecular flexibility index (Phi) is 6.07. The smallest absolute Gasteiger partial charge is 0.325 e. The number of esters is 1. The Morgan fingerprint density at radius 2 is 2.00 bits per heavy atom. The van der Waals surface area contributed by atoms with E-state index in [9.17, 15) is 14.4 Å². The lowest BCUT2D eigenvalue weighted by Crippen LogP contribution is -2.51. The molecule has 3 rings (SSSR count). The fraction of sp³-hybridized carbons (Fsp3) is 0.611. The van der Waals surface area contributed by atoms with E-state index >= 15 is 0 Å². The zero-order valence-electron chi connectivity index (χ0n) is 14.2. The summed E-state index contributed by atoms with van der Waals surface area (Å²) in [5.41, 5.74) is 0. The molecule has 1 aliphatic carbocycles. The number of amides is 2. The minimum absolute atomic E-state index is 0.116. The second-order valence-corrected chi connectivity index (χ2v) is 7.61. The van der Waals surface area contributed by atoms with Crippen molar-refractivity contribution in [3.8, 4) is 0 Å². The molecular weight excluding hydrogens is 340 g/mol. The summed E-state index contributed by atoms with van der Waals surface area (Å²) in [6.07, 6.45) is 6.90. The van der Waals surface area contributed by atoms with Crippen molar-refractivity contribution in [2.45, 2.75) is 44.6 Å². The van der Waals surface area contributed by atoms with Gasteiger partial charge in [-0.2, -0.15) is 0 Å². The van der Waals surface area contributed by atoms with Crippen LogP contribution in [0.1, 0.15) is 48.2 Å². The van der Waals surface area contributed by atoms with Gasteiger partial charge in [-0.1, -0.05) is 18.9 Å². The standard InChI is InChI=1S/C18H24N2O4S/c21-16(20-9-3-6-13-5-1-2-7-14(13)20)12-24-17(22)11-19-18(23)15-8-4-10-25-15/h4,8,10,13-14H,1-3,5-7,9,11-12H2,(H,19,23)/t13-,14+/m1/s1. The minimum Gasteiger partial charge on any atom is -0.454 e. The first-order chi connectivity index (χ1) is 12.1. The largest absolute Gasteiger partial charge is 0.454 e. The first-order valence-corrected chi connectivity index (χ1v) is 9.80.